The van der Waals surface area contributed by atoms with Crippen LogP contribution < -0.4 is 0 Å². The molecule has 0 aromatic rings. The minimum absolute atomic E-state index is 0. The molecule has 0 saturated carbocycles. The Labute approximate surface area is 57.7 Å². The number of rotatable bonds is 3. The van der Waals surface area contributed by atoms with Gasteiger partial charge in [-0.3, -0.25) is 0 Å². The first-order valence-corrected chi connectivity index (χ1v) is 2.52. The molecule has 0 aliphatic heterocycles. The summed E-state index contributed by atoms with van der Waals surface area (Å²) in [5.74, 6) is 0. The van der Waals surface area contributed by atoms with E-state index >= 15 is 0 Å². The minimum atomic E-state index is 0. The average molecular weight is 133 g/mol. The fraction of sp³-hybridized carbons (Fsp3) is 0.429. The monoisotopic (exact) mass is 132 g/mol. The molecule has 0 aromatic heterocycles. The fourth-order valence-electron chi connectivity index (χ4n) is 0.348. The third-order valence-electron chi connectivity index (χ3n) is 0.775. The fourth-order valence-corrected chi connectivity index (χ4v) is 0.348. The first kappa shape index (κ1) is 10.7. The van der Waals surface area contributed by atoms with E-state index in [-0.39, 0.29) is 12.4 Å². The molecule has 0 saturated heterocycles. The molecule has 8 heavy (non-hydrogen) atoms. The zero-order valence-corrected chi connectivity index (χ0v) is 6.13. The lowest BCUT2D eigenvalue weighted by Crippen LogP contribution is -1.68. The Morgan fingerprint density at radius 3 is 2.25 bits per heavy atom. The Morgan fingerprint density at radius 1 is 1.62 bits per heavy atom. The van der Waals surface area contributed by atoms with Crippen LogP contribution in [0.4, 0.5) is 0 Å². The lowest BCUT2D eigenvalue weighted by atomic mass is 10.2. The highest BCUT2D eigenvalue weighted by atomic mass is 35.5. The molecule has 0 aliphatic carbocycles. The van der Waals surface area contributed by atoms with Crippen LogP contribution in [0.1, 0.15) is 19.8 Å². The van der Waals surface area contributed by atoms with Gasteiger partial charge in [0.1, 0.15) is 0 Å². The van der Waals surface area contributed by atoms with Crippen molar-refractivity contribution >= 4 is 12.4 Å². The molecule has 0 nitrogen and oxygen atoms in total. The van der Waals surface area contributed by atoms with Crippen molar-refractivity contribution in [2.75, 3.05) is 0 Å². The summed E-state index contributed by atoms with van der Waals surface area (Å²) in [6.45, 7) is 9.37. The van der Waals surface area contributed by atoms with Crippen molar-refractivity contribution in [3.8, 4) is 0 Å². The van der Waals surface area contributed by atoms with E-state index < -0.39 is 0 Å². The van der Waals surface area contributed by atoms with Gasteiger partial charge in [0.05, 0.1) is 0 Å². The van der Waals surface area contributed by atoms with Crippen molar-refractivity contribution < 1.29 is 0 Å². The molecule has 48 valence electrons. The molecular formula is C7H13Cl. The second-order valence-corrected chi connectivity index (χ2v) is 1.78. The molecule has 0 heterocycles. The van der Waals surface area contributed by atoms with E-state index in [4.69, 9.17) is 0 Å². The molecule has 0 N–H and O–H groups in total. The molecule has 0 aliphatic rings. The van der Waals surface area contributed by atoms with Crippen LogP contribution in [-0.2, 0) is 0 Å². The highest BCUT2D eigenvalue weighted by Crippen LogP contribution is 1.98. The Morgan fingerprint density at radius 2 is 2.12 bits per heavy atom. The van der Waals surface area contributed by atoms with Gasteiger partial charge in [-0.05, 0) is 19.8 Å². The number of hydrogen-bond acceptors (Lipinski definition) is 0. The van der Waals surface area contributed by atoms with Crippen LogP contribution in [0.5, 0.6) is 0 Å². The Kier molecular flexibility index (Phi) is 9.05. The van der Waals surface area contributed by atoms with Crippen LogP contribution in [0.25, 0.3) is 0 Å². The average Bonchev–Trinajstić information content (AvgIpc) is 1.61. The molecule has 0 aromatic carbocycles. The second-order valence-electron chi connectivity index (χ2n) is 1.78. The van der Waals surface area contributed by atoms with Gasteiger partial charge >= 0.3 is 0 Å². The first-order chi connectivity index (χ1) is 3.27. The van der Waals surface area contributed by atoms with Crippen LogP contribution in [0.3, 0.4) is 0 Å². The first-order valence-electron chi connectivity index (χ1n) is 2.52. The van der Waals surface area contributed by atoms with Crippen molar-refractivity contribution in [1.82, 2.24) is 0 Å². The molecule has 0 unspecified atom stereocenters. The number of allylic oxidation sites excluding steroid dienone is 2. The molecule has 0 bridgehead atoms. The van der Waals surface area contributed by atoms with Gasteiger partial charge in [-0.1, -0.05) is 11.6 Å². The summed E-state index contributed by atoms with van der Waals surface area (Å²) < 4.78 is 0. The lowest BCUT2D eigenvalue weighted by molar-refractivity contribution is 0.986. The summed E-state index contributed by atoms with van der Waals surface area (Å²) in [5, 5.41) is 0. The third-order valence-corrected chi connectivity index (χ3v) is 0.775. The quantitative estimate of drug-likeness (QED) is 0.518. The molecule has 0 amide bonds. The maximum absolute atomic E-state index is 3.74. The Hall–Kier alpha value is -0.230. The lowest BCUT2D eigenvalue weighted by Gasteiger charge is -1.88. The van der Waals surface area contributed by atoms with Gasteiger partial charge in [0.15, 0.2) is 0 Å². The van der Waals surface area contributed by atoms with Crippen molar-refractivity contribution in [3.63, 3.8) is 0 Å². The molecule has 0 rings (SSSR count). The highest BCUT2D eigenvalue weighted by Gasteiger charge is 1.78. The summed E-state index contributed by atoms with van der Waals surface area (Å²) in [6, 6.07) is 0. The summed E-state index contributed by atoms with van der Waals surface area (Å²) in [6.07, 6.45) is 4.06. The summed E-state index contributed by atoms with van der Waals surface area (Å²) in [4.78, 5) is 0. The van der Waals surface area contributed by atoms with E-state index in [2.05, 4.69) is 13.2 Å². The zero-order chi connectivity index (χ0) is 5.70. The zero-order valence-electron chi connectivity index (χ0n) is 5.31. The molecule has 0 atom stereocenters. The normalized spacial score (nSPS) is 7.12. The standard InChI is InChI=1S/C7H12.ClH/c1-4-5-6-7(2)3;/h4H,1-2,5-6H2,3H3;1H. The summed E-state index contributed by atoms with van der Waals surface area (Å²) in [7, 11) is 0. The Bertz CT molecular complexity index is 74.5. The van der Waals surface area contributed by atoms with Crippen LogP contribution in [0.15, 0.2) is 24.8 Å². The van der Waals surface area contributed by atoms with Crippen LogP contribution >= 0.6 is 12.4 Å². The molecule has 0 radical (unpaired) electrons. The van der Waals surface area contributed by atoms with Crippen molar-refractivity contribution in [2.45, 2.75) is 19.8 Å². The maximum atomic E-state index is 3.74. The number of hydrogen-bond donors (Lipinski definition) is 0. The predicted molar refractivity (Wildman–Crippen MR) is 41.5 cm³/mol. The Balaban J connectivity index is 0. The molecule has 0 fully saturated rings. The van der Waals surface area contributed by atoms with Crippen molar-refractivity contribution in [1.29, 1.82) is 0 Å². The van der Waals surface area contributed by atoms with Crippen LogP contribution in [-0.4, -0.2) is 0 Å². The highest BCUT2D eigenvalue weighted by molar-refractivity contribution is 5.85. The summed E-state index contributed by atoms with van der Waals surface area (Å²) in [5.41, 5.74) is 1.24. The van der Waals surface area contributed by atoms with E-state index in [9.17, 15) is 0 Å². The molecule has 1 heteroatoms. The van der Waals surface area contributed by atoms with Crippen molar-refractivity contribution in [3.05, 3.63) is 24.8 Å². The van der Waals surface area contributed by atoms with E-state index in [0.717, 1.165) is 12.8 Å². The van der Waals surface area contributed by atoms with Gasteiger partial charge < -0.3 is 0 Å². The summed E-state index contributed by atoms with van der Waals surface area (Å²) >= 11 is 0. The van der Waals surface area contributed by atoms with Gasteiger partial charge in [-0.15, -0.1) is 25.6 Å². The van der Waals surface area contributed by atoms with Crippen LogP contribution in [0, 0.1) is 0 Å². The largest absolute Gasteiger partial charge is 0.147 e. The van der Waals surface area contributed by atoms with Crippen molar-refractivity contribution in [2.24, 2.45) is 0 Å². The van der Waals surface area contributed by atoms with E-state index in [1.807, 2.05) is 13.0 Å². The predicted octanol–water partition coefficient (Wildman–Crippen LogP) is 2.95. The van der Waals surface area contributed by atoms with E-state index in [1.54, 1.807) is 0 Å². The second kappa shape index (κ2) is 6.77. The minimum Gasteiger partial charge on any atom is -0.147 e. The molecular weight excluding hydrogens is 120 g/mol. The SMILES string of the molecule is C=CCCC(=C)C.Cl. The third kappa shape index (κ3) is 9.24. The number of halogens is 1. The molecule has 0 spiro atoms. The van der Waals surface area contributed by atoms with E-state index in [0.29, 0.717) is 0 Å². The maximum Gasteiger partial charge on any atom is -0.0291 e. The van der Waals surface area contributed by atoms with Gasteiger partial charge in [-0.2, -0.15) is 0 Å². The van der Waals surface area contributed by atoms with Gasteiger partial charge in [0.25, 0.3) is 0 Å². The van der Waals surface area contributed by atoms with E-state index in [1.165, 1.54) is 5.57 Å². The van der Waals surface area contributed by atoms with Crippen LogP contribution in [0.2, 0.25) is 0 Å². The van der Waals surface area contributed by atoms with Gasteiger partial charge in [0.2, 0.25) is 0 Å². The van der Waals surface area contributed by atoms with Gasteiger partial charge in [0, 0.05) is 0 Å². The topological polar surface area (TPSA) is 0 Å². The van der Waals surface area contributed by atoms with Gasteiger partial charge in [-0.25, -0.2) is 0 Å². The smallest absolute Gasteiger partial charge is 0.0291 e.